The Balaban J connectivity index is 1.32. The Labute approximate surface area is 219 Å². The summed E-state index contributed by atoms with van der Waals surface area (Å²) in [4.78, 5) is 30.2. The summed E-state index contributed by atoms with van der Waals surface area (Å²) >= 11 is 1.47. The smallest absolute Gasteiger partial charge is 0.341 e. The molecular formula is C30H26N2O4S. The van der Waals surface area contributed by atoms with E-state index in [-0.39, 0.29) is 5.91 Å². The van der Waals surface area contributed by atoms with Crippen LogP contribution in [0.3, 0.4) is 0 Å². The number of nitrogens with zero attached hydrogens (tertiary/aromatic N) is 1. The number of carbonyl (C=O) groups excluding carboxylic acids is 2. The van der Waals surface area contributed by atoms with Crippen molar-refractivity contribution in [2.45, 2.75) is 25.4 Å². The molecule has 1 amide bonds. The van der Waals surface area contributed by atoms with Crippen LogP contribution in [0.4, 0.5) is 5.00 Å². The van der Waals surface area contributed by atoms with Gasteiger partial charge in [0, 0.05) is 35.6 Å². The Hall–Kier alpha value is -3.94. The molecule has 4 aromatic rings. The molecule has 0 saturated carbocycles. The van der Waals surface area contributed by atoms with E-state index in [4.69, 9.17) is 9.47 Å². The number of nitrogens with one attached hydrogen (secondary N) is 1. The summed E-state index contributed by atoms with van der Waals surface area (Å²) in [7, 11) is 1.38. The monoisotopic (exact) mass is 510 g/mol. The Morgan fingerprint density at radius 2 is 1.62 bits per heavy atom. The van der Waals surface area contributed by atoms with Gasteiger partial charge in [0.15, 0.2) is 0 Å². The Bertz CT molecular complexity index is 1430. The van der Waals surface area contributed by atoms with Crippen molar-refractivity contribution >= 4 is 28.2 Å². The fourth-order valence-electron chi connectivity index (χ4n) is 5.22. The van der Waals surface area contributed by atoms with Crippen LogP contribution in [0.15, 0.2) is 78.9 Å². The largest absolute Gasteiger partial charge is 0.465 e. The van der Waals surface area contributed by atoms with Crippen LogP contribution >= 0.6 is 11.3 Å². The normalized spacial score (nSPS) is 14.6. The number of methoxy groups -OCH3 is 1. The van der Waals surface area contributed by atoms with Gasteiger partial charge in [-0.15, -0.1) is 11.3 Å². The van der Waals surface area contributed by atoms with Gasteiger partial charge < -0.3 is 14.8 Å². The number of thiophene rings is 1. The van der Waals surface area contributed by atoms with Gasteiger partial charge in [0.2, 0.25) is 5.91 Å². The van der Waals surface area contributed by atoms with Crippen molar-refractivity contribution in [3.63, 3.8) is 0 Å². The second-order valence-corrected chi connectivity index (χ2v) is 10.4. The number of fused-ring (bicyclic) bond motifs is 3. The second kappa shape index (κ2) is 9.84. The minimum atomic E-state index is -0.555. The number of ether oxygens (including phenoxy) is 2. The van der Waals surface area contributed by atoms with Crippen LogP contribution in [-0.2, 0) is 29.0 Å². The molecule has 3 heterocycles. The van der Waals surface area contributed by atoms with Crippen LogP contribution in [0, 0.1) is 0 Å². The molecule has 7 heteroatoms. The molecule has 0 atom stereocenters. The summed E-state index contributed by atoms with van der Waals surface area (Å²) in [5.74, 6) is 0.152. The summed E-state index contributed by atoms with van der Waals surface area (Å²) in [5.41, 5.74) is 4.30. The molecule has 0 aliphatic carbocycles. The first-order valence-electron chi connectivity index (χ1n) is 12.3. The first-order chi connectivity index (χ1) is 18.1. The molecule has 6 rings (SSSR count). The molecule has 1 aromatic heterocycles. The lowest BCUT2D eigenvalue weighted by atomic mass is 9.87. The molecule has 6 nitrogen and oxygen atoms in total. The molecular weight excluding hydrogens is 484 g/mol. The number of amides is 1. The highest BCUT2D eigenvalue weighted by molar-refractivity contribution is 7.17. The fraction of sp³-hybridized carbons (Fsp3) is 0.200. The number of para-hydroxylation sites is 2. The molecule has 0 bridgehead atoms. The summed E-state index contributed by atoms with van der Waals surface area (Å²) in [5, 5.41) is 3.65. The van der Waals surface area contributed by atoms with Crippen molar-refractivity contribution in [3.8, 4) is 11.5 Å². The number of esters is 1. The summed E-state index contributed by atoms with van der Waals surface area (Å²) in [6, 6.07) is 25.5. The van der Waals surface area contributed by atoms with Gasteiger partial charge in [-0.25, -0.2) is 4.79 Å². The fourth-order valence-corrected chi connectivity index (χ4v) is 6.50. The van der Waals surface area contributed by atoms with Gasteiger partial charge in [-0.3, -0.25) is 9.69 Å². The third kappa shape index (κ3) is 4.41. The number of rotatable bonds is 5. The minimum Gasteiger partial charge on any atom is -0.465 e. The molecule has 37 heavy (non-hydrogen) atoms. The van der Waals surface area contributed by atoms with Crippen LogP contribution in [0.1, 0.15) is 43.4 Å². The number of carbonyl (C=O) groups is 2. The SMILES string of the molecule is COC(=O)c1c(NC(=O)C2c3ccccc3Oc3ccccc32)sc2c1CCN(Cc1ccccc1)C2. The lowest BCUT2D eigenvalue weighted by Gasteiger charge is -2.27. The van der Waals surface area contributed by atoms with Crippen LogP contribution in [0.2, 0.25) is 0 Å². The predicted octanol–water partition coefficient (Wildman–Crippen LogP) is 5.97. The van der Waals surface area contributed by atoms with Crippen molar-refractivity contribution in [3.05, 3.63) is 112 Å². The zero-order chi connectivity index (χ0) is 25.4. The standard InChI is InChI=1S/C30H26N2O4S/c1-35-30(34)27-22-15-16-32(17-19-9-3-2-4-10-19)18-25(22)37-29(27)31-28(33)26-20-11-5-7-13-23(20)36-24-14-8-6-12-21(24)26/h2-14,26H,15-18H2,1H3,(H,31,33). The average Bonchev–Trinajstić information content (AvgIpc) is 3.28. The first-order valence-corrected chi connectivity index (χ1v) is 13.1. The predicted molar refractivity (Wildman–Crippen MR) is 143 cm³/mol. The average molecular weight is 511 g/mol. The van der Waals surface area contributed by atoms with Crippen LogP contribution in [0.5, 0.6) is 11.5 Å². The summed E-state index contributed by atoms with van der Waals surface area (Å²) in [6.45, 7) is 2.39. The molecule has 1 N–H and O–H groups in total. The molecule has 2 aliphatic rings. The zero-order valence-electron chi connectivity index (χ0n) is 20.4. The topological polar surface area (TPSA) is 67.9 Å². The first kappa shape index (κ1) is 23.5. The lowest BCUT2D eigenvalue weighted by Crippen LogP contribution is -2.30. The highest BCUT2D eigenvalue weighted by Crippen LogP contribution is 2.45. The van der Waals surface area contributed by atoms with E-state index in [0.717, 1.165) is 47.6 Å². The van der Waals surface area contributed by atoms with Crippen LogP contribution in [0.25, 0.3) is 0 Å². The zero-order valence-corrected chi connectivity index (χ0v) is 21.2. The molecule has 0 spiro atoms. The van der Waals surface area contributed by atoms with Crippen molar-refractivity contribution in [1.29, 1.82) is 0 Å². The quantitative estimate of drug-likeness (QED) is 0.335. The molecule has 0 radical (unpaired) electrons. The maximum absolute atomic E-state index is 13.9. The van der Waals surface area contributed by atoms with Crippen molar-refractivity contribution in [2.75, 3.05) is 19.0 Å². The van der Waals surface area contributed by atoms with Crippen molar-refractivity contribution in [2.24, 2.45) is 0 Å². The molecule has 3 aromatic carbocycles. The van der Waals surface area contributed by atoms with Crippen molar-refractivity contribution < 1.29 is 19.1 Å². The van der Waals surface area contributed by atoms with Gasteiger partial charge in [-0.1, -0.05) is 66.7 Å². The van der Waals surface area contributed by atoms with Gasteiger partial charge >= 0.3 is 5.97 Å². The second-order valence-electron chi connectivity index (χ2n) is 9.25. The number of hydrogen-bond donors (Lipinski definition) is 1. The van der Waals surface area contributed by atoms with Crippen LogP contribution < -0.4 is 10.1 Å². The minimum absolute atomic E-state index is 0.201. The van der Waals surface area contributed by atoms with E-state index in [1.54, 1.807) is 0 Å². The van der Waals surface area contributed by atoms with Gasteiger partial charge in [-0.05, 0) is 29.7 Å². The van der Waals surface area contributed by atoms with E-state index in [1.807, 2.05) is 66.7 Å². The molecule has 0 unspecified atom stereocenters. The summed E-state index contributed by atoms with van der Waals surface area (Å²) < 4.78 is 11.2. The van der Waals surface area contributed by atoms with E-state index in [1.165, 1.54) is 24.0 Å². The van der Waals surface area contributed by atoms with E-state index in [9.17, 15) is 9.59 Å². The highest BCUT2D eigenvalue weighted by atomic mass is 32.1. The molecule has 2 aliphatic heterocycles. The molecule has 186 valence electrons. The van der Waals surface area contributed by atoms with Gasteiger partial charge in [0.25, 0.3) is 0 Å². The van der Waals surface area contributed by atoms with E-state index in [2.05, 4.69) is 22.3 Å². The number of benzene rings is 3. The van der Waals surface area contributed by atoms with Crippen LogP contribution in [-0.4, -0.2) is 30.4 Å². The molecule has 0 fully saturated rings. The third-order valence-electron chi connectivity index (χ3n) is 6.95. The maximum Gasteiger partial charge on any atom is 0.341 e. The van der Waals surface area contributed by atoms with Gasteiger partial charge in [0.05, 0.1) is 18.6 Å². The maximum atomic E-state index is 13.9. The van der Waals surface area contributed by atoms with Crippen molar-refractivity contribution in [1.82, 2.24) is 4.90 Å². The van der Waals surface area contributed by atoms with Gasteiger partial charge in [0.1, 0.15) is 16.5 Å². The number of anilines is 1. The van der Waals surface area contributed by atoms with E-state index < -0.39 is 11.9 Å². The molecule has 0 saturated heterocycles. The highest BCUT2D eigenvalue weighted by Gasteiger charge is 2.35. The van der Waals surface area contributed by atoms with E-state index >= 15 is 0 Å². The Morgan fingerprint density at radius 3 is 2.30 bits per heavy atom. The third-order valence-corrected chi connectivity index (χ3v) is 8.09. The summed E-state index contributed by atoms with van der Waals surface area (Å²) in [6.07, 6.45) is 0.724. The Morgan fingerprint density at radius 1 is 0.973 bits per heavy atom. The lowest BCUT2D eigenvalue weighted by molar-refractivity contribution is -0.116. The van der Waals surface area contributed by atoms with E-state index in [0.29, 0.717) is 22.1 Å². The van der Waals surface area contributed by atoms with Gasteiger partial charge in [-0.2, -0.15) is 0 Å². The number of hydrogen-bond acceptors (Lipinski definition) is 6. The Kier molecular flexibility index (Phi) is 6.24.